The molecule has 1 aromatic heterocycles. The van der Waals surface area contributed by atoms with Gasteiger partial charge in [0.25, 0.3) is 5.91 Å². The Labute approximate surface area is 148 Å². The van der Waals surface area contributed by atoms with Crippen molar-refractivity contribution in [2.75, 3.05) is 5.32 Å². The van der Waals surface area contributed by atoms with E-state index in [0.717, 1.165) is 17.1 Å². The van der Waals surface area contributed by atoms with Crippen molar-refractivity contribution >= 4 is 35.3 Å². The first kappa shape index (κ1) is 15.1. The van der Waals surface area contributed by atoms with Gasteiger partial charge in [0, 0.05) is 5.69 Å². The minimum absolute atomic E-state index is 0.0971. The highest BCUT2D eigenvalue weighted by molar-refractivity contribution is 7.73. The van der Waals surface area contributed by atoms with Gasteiger partial charge in [-0.25, -0.2) is 0 Å². The fourth-order valence-electron chi connectivity index (χ4n) is 2.76. The summed E-state index contributed by atoms with van der Waals surface area (Å²) in [5, 5.41) is 6.43. The van der Waals surface area contributed by atoms with Crippen LogP contribution >= 0.6 is 23.6 Å². The molecule has 0 spiro atoms. The van der Waals surface area contributed by atoms with Gasteiger partial charge in [-0.1, -0.05) is 59.4 Å². The predicted molar refractivity (Wildman–Crippen MR) is 99.5 cm³/mol. The minimum Gasteiger partial charge on any atom is -0.346 e. The molecular formula is C18H15N3OS2. The van der Waals surface area contributed by atoms with Crippen LogP contribution in [0.1, 0.15) is 27.0 Å². The van der Waals surface area contributed by atoms with E-state index >= 15 is 0 Å². The number of anilines is 1. The van der Waals surface area contributed by atoms with E-state index in [1.165, 1.54) is 16.9 Å². The number of nitrogens with zero attached hydrogens (tertiary/aromatic N) is 1. The smallest absolute Gasteiger partial charge is 0.267 e. The number of para-hydroxylation sites is 1. The molecule has 4 nitrogen and oxygen atoms in total. The Hall–Kier alpha value is -2.44. The minimum atomic E-state index is -0.274. The Balaban J connectivity index is 1.80. The number of hydrogen-bond acceptors (Lipinski definition) is 4. The molecule has 2 aromatic carbocycles. The average Bonchev–Trinajstić information content (AvgIpc) is 2.93. The Bertz CT molecular complexity index is 958. The lowest BCUT2D eigenvalue weighted by Gasteiger charge is -2.27. The molecule has 0 saturated carbocycles. The summed E-state index contributed by atoms with van der Waals surface area (Å²) < 4.78 is 2.58. The number of amides is 1. The first-order valence-electron chi connectivity index (χ1n) is 7.59. The lowest BCUT2D eigenvalue weighted by atomic mass is 10.1. The van der Waals surface area contributed by atoms with E-state index < -0.39 is 0 Å². The van der Waals surface area contributed by atoms with Gasteiger partial charge in [-0.3, -0.25) is 9.36 Å². The van der Waals surface area contributed by atoms with Crippen LogP contribution in [-0.4, -0.2) is 10.5 Å². The summed E-state index contributed by atoms with van der Waals surface area (Å²) in [4.78, 5) is 13.2. The second-order valence-electron chi connectivity index (χ2n) is 5.68. The fraction of sp³-hybridized carbons (Fsp3) is 0.111. The number of aryl methyl sites for hydroxylation is 1. The van der Waals surface area contributed by atoms with Crippen molar-refractivity contribution < 1.29 is 4.79 Å². The molecule has 1 aliphatic rings. The highest BCUT2D eigenvalue weighted by Crippen LogP contribution is 2.34. The first-order valence-corrected chi connectivity index (χ1v) is 8.81. The van der Waals surface area contributed by atoms with Crippen LogP contribution < -0.4 is 10.6 Å². The largest absolute Gasteiger partial charge is 0.346 e. The third-order valence-electron chi connectivity index (χ3n) is 4.00. The Morgan fingerprint density at radius 3 is 2.46 bits per heavy atom. The molecule has 120 valence electrons. The topological polar surface area (TPSA) is 46.1 Å². The molecule has 1 aliphatic heterocycles. The van der Waals surface area contributed by atoms with Crippen molar-refractivity contribution in [2.24, 2.45) is 0 Å². The van der Waals surface area contributed by atoms with Crippen LogP contribution in [0.15, 0.2) is 54.6 Å². The second-order valence-corrected chi connectivity index (χ2v) is 7.32. The van der Waals surface area contributed by atoms with Gasteiger partial charge < -0.3 is 10.6 Å². The van der Waals surface area contributed by atoms with E-state index in [0.29, 0.717) is 8.83 Å². The van der Waals surface area contributed by atoms with E-state index in [9.17, 15) is 4.79 Å². The summed E-state index contributed by atoms with van der Waals surface area (Å²) in [6, 6.07) is 18.0. The molecule has 3 aromatic rings. The molecule has 1 atom stereocenters. The Kier molecular flexibility index (Phi) is 3.70. The quantitative estimate of drug-likeness (QED) is 0.670. The number of aromatic nitrogens is 1. The molecule has 2 heterocycles. The third-order valence-corrected chi connectivity index (χ3v) is 5.37. The van der Waals surface area contributed by atoms with Crippen molar-refractivity contribution in [3.63, 3.8) is 0 Å². The van der Waals surface area contributed by atoms with Crippen molar-refractivity contribution in [1.29, 1.82) is 0 Å². The van der Waals surface area contributed by atoms with Crippen LogP contribution in [0.3, 0.4) is 0 Å². The van der Waals surface area contributed by atoms with E-state index in [1.807, 2.05) is 66.1 Å². The standard InChI is InChI=1S/C18H15N3OS2/c1-11-7-9-12(10-8-11)15-19-16-14(17(22)20-15)24-18(23)21(16)13-5-3-2-4-6-13/h2-10,15,19H,1H3,(H,20,22)/t15-/m1/s1. The number of thiazole rings is 1. The first-order chi connectivity index (χ1) is 11.6. The number of rotatable bonds is 2. The molecule has 2 N–H and O–H groups in total. The number of benzene rings is 2. The highest BCUT2D eigenvalue weighted by Gasteiger charge is 2.29. The van der Waals surface area contributed by atoms with Crippen molar-refractivity contribution in [3.05, 3.63) is 74.6 Å². The maximum atomic E-state index is 12.5. The van der Waals surface area contributed by atoms with E-state index in [-0.39, 0.29) is 12.1 Å². The van der Waals surface area contributed by atoms with Crippen LogP contribution in [0.25, 0.3) is 5.69 Å². The summed E-state index contributed by atoms with van der Waals surface area (Å²) >= 11 is 6.81. The molecule has 0 bridgehead atoms. The van der Waals surface area contributed by atoms with Gasteiger partial charge in [0.2, 0.25) is 0 Å². The van der Waals surface area contributed by atoms with E-state index in [1.54, 1.807) is 0 Å². The molecule has 0 saturated heterocycles. The van der Waals surface area contributed by atoms with Gasteiger partial charge in [0.1, 0.15) is 16.9 Å². The SMILES string of the molecule is Cc1ccc([C@H]2NC(=O)c3sc(=S)n(-c4ccccc4)c3N2)cc1. The second kappa shape index (κ2) is 5.89. The summed E-state index contributed by atoms with van der Waals surface area (Å²) in [6.07, 6.45) is -0.274. The van der Waals surface area contributed by atoms with Crippen LogP contribution in [0, 0.1) is 10.9 Å². The van der Waals surface area contributed by atoms with Crippen LogP contribution in [0.2, 0.25) is 0 Å². The summed E-state index contributed by atoms with van der Waals surface area (Å²) in [7, 11) is 0. The average molecular weight is 353 g/mol. The number of carbonyl (C=O) groups is 1. The lowest BCUT2D eigenvalue weighted by molar-refractivity contribution is 0.0939. The number of nitrogens with one attached hydrogen (secondary N) is 2. The van der Waals surface area contributed by atoms with E-state index in [4.69, 9.17) is 12.2 Å². The lowest BCUT2D eigenvalue weighted by Crippen LogP contribution is -2.38. The van der Waals surface area contributed by atoms with Gasteiger partial charge in [-0.2, -0.15) is 0 Å². The summed E-state index contributed by atoms with van der Waals surface area (Å²) in [5.41, 5.74) is 3.14. The van der Waals surface area contributed by atoms with Crippen LogP contribution in [0.4, 0.5) is 5.82 Å². The van der Waals surface area contributed by atoms with Crippen molar-refractivity contribution in [2.45, 2.75) is 13.1 Å². The molecule has 0 aliphatic carbocycles. The third kappa shape index (κ3) is 2.53. The molecule has 1 amide bonds. The van der Waals surface area contributed by atoms with Gasteiger partial charge in [-0.05, 0) is 36.8 Å². The molecule has 0 unspecified atom stereocenters. The number of fused-ring (bicyclic) bond motifs is 1. The van der Waals surface area contributed by atoms with Crippen LogP contribution in [-0.2, 0) is 0 Å². The van der Waals surface area contributed by atoms with Gasteiger partial charge in [0.15, 0.2) is 3.95 Å². The highest BCUT2D eigenvalue weighted by atomic mass is 32.1. The van der Waals surface area contributed by atoms with Gasteiger partial charge >= 0.3 is 0 Å². The van der Waals surface area contributed by atoms with Gasteiger partial charge in [0.05, 0.1) is 0 Å². The fourth-order valence-corrected chi connectivity index (χ4v) is 4.07. The number of hydrogen-bond donors (Lipinski definition) is 2. The van der Waals surface area contributed by atoms with Crippen molar-refractivity contribution in [1.82, 2.24) is 9.88 Å². The molecule has 24 heavy (non-hydrogen) atoms. The summed E-state index contributed by atoms with van der Waals surface area (Å²) in [6.45, 7) is 2.04. The van der Waals surface area contributed by atoms with Gasteiger partial charge in [-0.15, -0.1) is 0 Å². The molecule has 6 heteroatoms. The maximum absolute atomic E-state index is 12.5. The Morgan fingerprint density at radius 1 is 1.04 bits per heavy atom. The zero-order valence-electron chi connectivity index (χ0n) is 12.9. The van der Waals surface area contributed by atoms with E-state index in [2.05, 4.69) is 10.6 Å². The molecular weight excluding hydrogens is 338 g/mol. The zero-order valence-corrected chi connectivity index (χ0v) is 14.6. The predicted octanol–water partition coefficient (Wildman–Crippen LogP) is 4.43. The molecule has 0 fully saturated rings. The maximum Gasteiger partial charge on any atom is 0.267 e. The monoisotopic (exact) mass is 353 g/mol. The number of carbonyl (C=O) groups excluding carboxylic acids is 1. The van der Waals surface area contributed by atoms with Crippen molar-refractivity contribution in [3.8, 4) is 5.69 Å². The molecule has 4 rings (SSSR count). The normalized spacial score (nSPS) is 16.2. The molecule has 0 radical (unpaired) electrons. The summed E-state index contributed by atoms with van der Waals surface area (Å²) in [5.74, 6) is 0.658. The van der Waals surface area contributed by atoms with Crippen LogP contribution in [0.5, 0.6) is 0 Å². The zero-order chi connectivity index (χ0) is 16.7. The Morgan fingerprint density at radius 2 is 1.75 bits per heavy atom.